The maximum Gasteiger partial charge on any atom is 0.276 e. The Morgan fingerprint density at radius 3 is 3.09 bits per heavy atom. The number of hydrogen-bond acceptors (Lipinski definition) is 4. The molecule has 1 heterocycles. The minimum Gasteiger partial charge on any atom is -0.289 e. The second-order valence-electron chi connectivity index (χ2n) is 1.95. The van der Waals surface area contributed by atoms with Crippen molar-refractivity contribution >= 4 is 17.2 Å². The third kappa shape index (κ3) is 1.75. The minimum absolute atomic E-state index is 0.276. The van der Waals surface area contributed by atoms with Crippen LogP contribution >= 0.6 is 11.3 Å². The van der Waals surface area contributed by atoms with E-state index in [-0.39, 0.29) is 5.91 Å². The molecule has 0 aliphatic carbocycles. The lowest BCUT2D eigenvalue weighted by Crippen LogP contribution is -2.29. The van der Waals surface area contributed by atoms with Gasteiger partial charge in [-0.25, -0.2) is 10.8 Å². The van der Waals surface area contributed by atoms with Crippen LogP contribution < -0.4 is 11.3 Å². The summed E-state index contributed by atoms with van der Waals surface area (Å²) in [4.78, 5) is 15.4. The van der Waals surface area contributed by atoms with E-state index in [1.165, 1.54) is 17.5 Å². The molecule has 1 aromatic rings. The highest BCUT2D eigenvalue weighted by Crippen LogP contribution is 2.12. The summed E-state index contributed by atoms with van der Waals surface area (Å²) in [5, 5.41) is 0.948. The van der Waals surface area contributed by atoms with Crippen molar-refractivity contribution in [3.05, 3.63) is 16.1 Å². The van der Waals surface area contributed by atoms with Crippen molar-refractivity contribution in [2.75, 3.05) is 0 Å². The van der Waals surface area contributed by atoms with Gasteiger partial charge in [0.25, 0.3) is 5.91 Å². The number of aromatic nitrogens is 1. The fraction of sp³-hybridized carbons (Fsp3) is 0.333. The second kappa shape index (κ2) is 3.45. The zero-order valence-corrected chi connectivity index (χ0v) is 6.94. The number of rotatable bonds is 2. The van der Waals surface area contributed by atoms with Crippen LogP contribution in [0.4, 0.5) is 0 Å². The van der Waals surface area contributed by atoms with Crippen molar-refractivity contribution < 1.29 is 4.79 Å². The van der Waals surface area contributed by atoms with Gasteiger partial charge in [-0.3, -0.25) is 10.2 Å². The van der Waals surface area contributed by atoms with Gasteiger partial charge in [0.15, 0.2) is 0 Å². The molecular weight excluding hydrogens is 162 g/mol. The van der Waals surface area contributed by atoms with Crippen molar-refractivity contribution in [3.8, 4) is 0 Å². The zero-order valence-electron chi connectivity index (χ0n) is 6.13. The number of aryl methyl sites for hydroxylation is 1. The summed E-state index contributed by atoms with van der Waals surface area (Å²) >= 11 is 1.36. The molecule has 1 aromatic heterocycles. The van der Waals surface area contributed by atoms with Crippen molar-refractivity contribution in [1.82, 2.24) is 10.4 Å². The van der Waals surface area contributed by atoms with Crippen LogP contribution in [0.3, 0.4) is 0 Å². The molecule has 1 rings (SSSR count). The maximum absolute atomic E-state index is 10.9. The molecule has 1 amide bonds. The number of nitrogens with one attached hydrogen (secondary N) is 1. The number of carbonyl (C=O) groups is 1. The first-order valence-electron chi connectivity index (χ1n) is 3.23. The van der Waals surface area contributed by atoms with E-state index < -0.39 is 0 Å². The maximum atomic E-state index is 10.9. The topological polar surface area (TPSA) is 68.0 Å². The monoisotopic (exact) mass is 171 g/mol. The van der Waals surface area contributed by atoms with Crippen LogP contribution in [-0.2, 0) is 6.42 Å². The van der Waals surface area contributed by atoms with Crippen LogP contribution in [0.5, 0.6) is 0 Å². The fourth-order valence-corrected chi connectivity index (χ4v) is 1.41. The molecule has 0 bridgehead atoms. The van der Waals surface area contributed by atoms with Crippen molar-refractivity contribution in [1.29, 1.82) is 0 Å². The van der Waals surface area contributed by atoms with Gasteiger partial charge in [0.05, 0.1) is 11.2 Å². The average Bonchev–Trinajstić information content (AvgIpc) is 2.50. The van der Waals surface area contributed by atoms with Gasteiger partial charge in [-0.05, 0) is 6.42 Å². The Morgan fingerprint density at radius 1 is 1.91 bits per heavy atom. The van der Waals surface area contributed by atoms with E-state index in [2.05, 4.69) is 10.4 Å². The molecule has 0 saturated heterocycles. The number of hydrogen-bond donors (Lipinski definition) is 2. The van der Waals surface area contributed by atoms with Gasteiger partial charge in [0, 0.05) is 0 Å². The second-order valence-corrected chi connectivity index (χ2v) is 3.06. The first-order chi connectivity index (χ1) is 5.27. The lowest BCUT2D eigenvalue weighted by Gasteiger charge is -1.90. The van der Waals surface area contributed by atoms with Gasteiger partial charge in [-0.15, -0.1) is 11.3 Å². The van der Waals surface area contributed by atoms with Gasteiger partial charge in [-0.2, -0.15) is 0 Å². The average molecular weight is 171 g/mol. The van der Waals surface area contributed by atoms with Crippen molar-refractivity contribution in [3.63, 3.8) is 0 Å². The van der Waals surface area contributed by atoms with E-state index >= 15 is 0 Å². The van der Waals surface area contributed by atoms with E-state index in [1.807, 2.05) is 6.92 Å². The van der Waals surface area contributed by atoms with E-state index in [9.17, 15) is 4.79 Å². The number of nitrogens with two attached hydrogens (primary N) is 1. The number of amides is 1. The van der Waals surface area contributed by atoms with E-state index in [1.54, 1.807) is 0 Å². The summed E-state index contributed by atoms with van der Waals surface area (Å²) in [6, 6.07) is 0. The van der Waals surface area contributed by atoms with Gasteiger partial charge in [0.1, 0.15) is 4.88 Å². The van der Waals surface area contributed by atoms with Crippen molar-refractivity contribution in [2.24, 2.45) is 5.84 Å². The molecule has 4 nitrogen and oxygen atoms in total. The van der Waals surface area contributed by atoms with Crippen LogP contribution in [0.15, 0.2) is 6.20 Å². The highest BCUT2D eigenvalue weighted by molar-refractivity contribution is 7.13. The van der Waals surface area contributed by atoms with E-state index in [0.29, 0.717) is 4.88 Å². The number of thiazole rings is 1. The predicted octanol–water partition coefficient (Wildman–Crippen LogP) is 0.309. The van der Waals surface area contributed by atoms with Crippen LogP contribution in [-0.4, -0.2) is 10.9 Å². The molecule has 3 N–H and O–H groups in total. The minimum atomic E-state index is -0.276. The summed E-state index contributed by atoms with van der Waals surface area (Å²) in [5.41, 5.74) is 2.05. The molecule has 0 spiro atoms. The van der Waals surface area contributed by atoms with E-state index in [4.69, 9.17) is 5.84 Å². The van der Waals surface area contributed by atoms with E-state index in [0.717, 1.165) is 11.4 Å². The SMILES string of the molecule is CCc1ncc(C(=O)NN)s1. The Labute approximate surface area is 68.4 Å². The normalized spacial score (nSPS) is 9.64. The van der Waals surface area contributed by atoms with Crippen LogP contribution in [0, 0.1) is 0 Å². The third-order valence-corrected chi connectivity index (χ3v) is 2.35. The third-order valence-electron chi connectivity index (χ3n) is 1.21. The number of carbonyl (C=O) groups excluding carboxylic acids is 1. The highest BCUT2D eigenvalue weighted by atomic mass is 32.1. The standard InChI is InChI=1S/C6H9N3OS/c1-2-5-8-3-4(11-5)6(10)9-7/h3H,2,7H2,1H3,(H,9,10). The Morgan fingerprint density at radius 2 is 2.64 bits per heavy atom. The van der Waals surface area contributed by atoms with Crippen molar-refractivity contribution in [2.45, 2.75) is 13.3 Å². The molecule has 0 aliphatic heterocycles. The molecule has 0 unspecified atom stereocenters. The predicted molar refractivity (Wildman–Crippen MR) is 43.1 cm³/mol. The zero-order chi connectivity index (χ0) is 8.27. The van der Waals surface area contributed by atoms with Gasteiger partial charge < -0.3 is 0 Å². The molecule has 0 aliphatic rings. The Hall–Kier alpha value is -0.940. The Balaban J connectivity index is 2.80. The molecular formula is C6H9N3OS. The summed E-state index contributed by atoms with van der Waals surface area (Å²) in [5.74, 6) is 4.66. The van der Waals surface area contributed by atoms with Crippen LogP contribution in [0.1, 0.15) is 21.6 Å². The lowest BCUT2D eigenvalue weighted by molar-refractivity contribution is 0.0957. The largest absolute Gasteiger partial charge is 0.289 e. The molecule has 11 heavy (non-hydrogen) atoms. The molecule has 0 fully saturated rings. The smallest absolute Gasteiger partial charge is 0.276 e. The molecule has 60 valence electrons. The number of hydrazine groups is 1. The van der Waals surface area contributed by atoms with Crippen LogP contribution in [0.2, 0.25) is 0 Å². The first kappa shape index (κ1) is 8.16. The van der Waals surface area contributed by atoms with Gasteiger partial charge in [-0.1, -0.05) is 6.92 Å². The summed E-state index contributed by atoms with van der Waals surface area (Å²) in [7, 11) is 0. The number of nitrogen functional groups attached to an aromatic ring is 1. The molecule has 0 atom stereocenters. The quantitative estimate of drug-likeness (QED) is 0.382. The first-order valence-corrected chi connectivity index (χ1v) is 4.05. The highest BCUT2D eigenvalue weighted by Gasteiger charge is 2.06. The Bertz CT molecular complexity index is 258. The lowest BCUT2D eigenvalue weighted by atomic mass is 10.5. The molecule has 0 aromatic carbocycles. The Kier molecular flexibility index (Phi) is 2.56. The summed E-state index contributed by atoms with van der Waals surface area (Å²) in [6.07, 6.45) is 2.38. The van der Waals surface area contributed by atoms with Crippen LogP contribution in [0.25, 0.3) is 0 Å². The van der Waals surface area contributed by atoms with Gasteiger partial charge >= 0.3 is 0 Å². The van der Waals surface area contributed by atoms with Gasteiger partial charge in [0.2, 0.25) is 0 Å². The molecule has 5 heteroatoms. The summed E-state index contributed by atoms with van der Waals surface area (Å²) < 4.78 is 0. The summed E-state index contributed by atoms with van der Waals surface area (Å²) in [6.45, 7) is 1.99. The molecule has 0 saturated carbocycles. The molecule has 0 radical (unpaired) electrons. The number of nitrogens with zero attached hydrogens (tertiary/aromatic N) is 1. The fourth-order valence-electron chi connectivity index (χ4n) is 0.650.